The Balaban J connectivity index is 1.61. The highest BCUT2D eigenvalue weighted by Crippen LogP contribution is 2.42. The van der Waals surface area contributed by atoms with Crippen LogP contribution in [0.3, 0.4) is 0 Å². The third kappa shape index (κ3) is 2.46. The van der Waals surface area contributed by atoms with E-state index in [1.165, 1.54) is 24.3 Å². The van der Waals surface area contributed by atoms with Crippen LogP contribution in [-0.2, 0) is 16.8 Å². The quantitative estimate of drug-likeness (QED) is 0.678. The van der Waals surface area contributed by atoms with E-state index < -0.39 is 23.2 Å². The number of Topliss-reactive ketones (excluding diaryl/α,β-unsaturated/α-hetero) is 1. The van der Waals surface area contributed by atoms with E-state index >= 15 is 0 Å². The van der Waals surface area contributed by atoms with Gasteiger partial charge in [-0.1, -0.05) is 0 Å². The van der Waals surface area contributed by atoms with Gasteiger partial charge < -0.3 is 5.32 Å². The molecule has 0 saturated carbocycles. The van der Waals surface area contributed by atoms with Crippen molar-refractivity contribution in [2.75, 3.05) is 6.54 Å². The van der Waals surface area contributed by atoms with Gasteiger partial charge in [-0.2, -0.15) is 0 Å². The van der Waals surface area contributed by atoms with Crippen molar-refractivity contribution >= 4 is 29.1 Å². The molecule has 128 valence electrons. The van der Waals surface area contributed by atoms with Crippen molar-refractivity contribution in [2.45, 2.75) is 24.8 Å². The minimum atomic E-state index is -1.05. The molecule has 2 aromatic rings. The molecule has 0 radical (unpaired) electrons. The van der Waals surface area contributed by atoms with Gasteiger partial charge in [-0.05, 0) is 55.0 Å². The molecular formula is C18H15FN2O3S. The number of rotatable bonds is 3. The summed E-state index contributed by atoms with van der Waals surface area (Å²) in [4.78, 5) is 39.9. The standard InChI is InChI=1S/C18H15FN2O3S/c19-12-5-3-11(4-6-12)14(22)10-21-16(23)18(20-17(21)24)8-1-2-15-13(18)7-9-25-15/h3-7,9H,1-2,8,10H2,(H,20,24). The molecule has 1 saturated heterocycles. The zero-order valence-corrected chi connectivity index (χ0v) is 14.1. The smallest absolute Gasteiger partial charge is 0.319 e. The largest absolute Gasteiger partial charge is 0.325 e. The highest BCUT2D eigenvalue weighted by molar-refractivity contribution is 7.10. The van der Waals surface area contributed by atoms with Gasteiger partial charge in [0, 0.05) is 16.0 Å². The lowest BCUT2D eigenvalue weighted by Crippen LogP contribution is -2.46. The monoisotopic (exact) mass is 358 g/mol. The number of carbonyl (C=O) groups excluding carboxylic acids is 3. The first kappa shape index (κ1) is 16.0. The van der Waals surface area contributed by atoms with Crippen molar-refractivity contribution in [3.8, 4) is 0 Å². The number of halogens is 1. The zero-order chi connectivity index (χ0) is 17.6. The van der Waals surface area contributed by atoms with E-state index in [1.54, 1.807) is 11.3 Å². The summed E-state index contributed by atoms with van der Waals surface area (Å²) in [6.07, 6.45) is 2.23. The van der Waals surface area contributed by atoms with Crippen LogP contribution in [0.25, 0.3) is 0 Å². The van der Waals surface area contributed by atoms with Crippen molar-refractivity contribution in [3.05, 3.63) is 57.5 Å². The fourth-order valence-corrected chi connectivity index (χ4v) is 4.56. The highest BCUT2D eigenvalue weighted by atomic mass is 32.1. The Kier molecular flexibility index (Phi) is 3.68. The molecule has 1 aliphatic carbocycles. The lowest BCUT2D eigenvalue weighted by molar-refractivity contribution is -0.131. The normalized spacial score (nSPS) is 22.2. The fraction of sp³-hybridized carbons (Fsp3) is 0.278. The molecule has 1 atom stereocenters. The molecule has 2 heterocycles. The van der Waals surface area contributed by atoms with E-state index in [9.17, 15) is 18.8 Å². The number of carbonyl (C=O) groups is 3. The van der Waals surface area contributed by atoms with E-state index in [-0.39, 0.29) is 18.0 Å². The number of fused-ring (bicyclic) bond motifs is 2. The molecule has 4 rings (SSSR count). The van der Waals surface area contributed by atoms with Gasteiger partial charge in [0.15, 0.2) is 5.78 Å². The van der Waals surface area contributed by atoms with Gasteiger partial charge in [-0.25, -0.2) is 9.18 Å². The number of imide groups is 1. The Hall–Kier alpha value is -2.54. The fourth-order valence-electron chi connectivity index (χ4n) is 3.56. The zero-order valence-electron chi connectivity index (χ0n) is 13.3. The number of nitrogens with zero attached hydrogens (tertiary/aromatic N) is 1. The Labute approximate surface area is 147 Å². The minimum absolute atomic E-state index is 0.266. The number of thiophene rings is 1. The summed E-state index contributed by atoms with van der Waals surface area (Å²) in [7, 11) is 0. The Bertz CT molecular complexity index is 877. The number of urea groups is 1. The Morgan fingerprint density at radius 1 is 1.24 bits per heavy atom. The molecular weight excluding hydrogens is 343 g/mol. The third-order valence-electron chi connectivity index (χ3n) is 4.80. The van der Waals surface area contributed by atoms with Crippen LogP contribution in [0.2, 0.25) is 0 Å². The molecule has 25 heavy (non-hydrogen) atoms. The van der Waals surface area contributed by atoms with Crippen molar-refractivity contribution in [3.63, 3.8) is 0 Å². The van der Waals surface area contributed by atoms with E-state index in [1.807, 2.05) is 11.4 Å². The van der Waals surface area contributed by atoms with Crippen LogP contribution in [0.15, 0.2) is 35.7 Å². The first-order valence-corrected chi connectivity index (χ1v) is 8.89. The van der Waals surface area contributed by atoms with Crippen LogP contribution < -0.4 is 5.32 Å². The molecule has 1 spiro atoms. The second-order valence-corrected chi connectivity index (χ2v) is 7.27. The van der Waals surface area contributed by atoms with Crippen molar-refractivity contribution in [1.29, 1.82) is 0 Å². The highest BCUT2D eigenvalue weighted by Gasteiger charge is 2.54. The number of aryl methyl sites for hydroxylation is 1. The number of nitrogens with one attached hydrogen (secondary N) is 1. The second-order valence-electron chi connectivity index (χ2n) is 6.27. The number of amides is 3. The van der Waals surface area contributed by atoms with Crippen LogP contribution in [0.5, 0.6) is 0 Å². The molecule has 0 bridgehead atoms. The molecule has 2 aliphatic rings. The summed E-state index contributed by atoms with van der Waals surface area (Å²) in [5.41, 5.74) is 0.0648. The summed E-state index contributed by atoms with van der Waals surface area (Å²) in [6, 6.07) is 6.38. The predicted molar refractivity (Wildman–Crippen MR) is 89.9 cm³/mol. The minimum Gasteiger partial charge on any atom is -0.319 e. The van der Waals surface area contributed by atoms with Gasteiger partial charge >= 0.3 is 6.03 Å². The first-order chi connectivity index (χ1) is 12.0. The van der Waals surface area contributed by atoms with E-state index in [0.29, 0.717) is 6.42 Å². The summed E-state index contributed by atoms with van der Waals surface area (Å²) < 4.78 is 13.0. The van der Waals surface area contributed by atoms with Crippen LogP contribution in [-0.4, -0.2) is 29.2 Å². The molecule has 1 aromatic carbocycles. The number of hydrogen-bond donors (Lipinski definition) is 1. The predicted octanol–water partition coefficient (Wildman–Crippen LogP) is 2.85. The van der Waals surface area contributed by atoms with Crippen molar-refractivity contribution in [2.24, 2.45) is 0 Å². The lowest BCUT2D eigenvalue weighted by Gasteiger charge is -2.31. The summed E-state index contributed by atoms with van der Waals surface area (Å²) >= 11 is 1.58. The summed E-state index contributed by atoms with van der Waals surface area (Å²) in [5.74, 6) is -1.23. The molecule has 3 amide bonds. The first-order valence-electron chi connectivity index (χ1n) is 8.01. The molecule has 7 heteroatoms. The van der Waals surface area contributed by atoms with E-state index in [2.05, 4.69) is 5.32 Å². The van der Waals surface area contributed by atoms with Crippen LogP contribution in [0.4, 0.5) is 9.18 Å². The van der Waals surface area contributed by atoms with Crippen LogP contribution in [0, 0.1) is 5.82 Å². The van der Waals surface area contributed by atoms with Gasteiger partial charge in [-0.15, -0.1) is 11.3 Å². The van der Waals surface area contributed by atoms with Gasteiger partial charge in [0.2, 0.25) is 0 Å². The van der Waals surface area contributed by atoms with Gasteiger partial charge in [0.25, 0.3) is 5.91 Å². The maximum absolute atomic E-state index is 13.0. The van der Waals surface area contributed by atoms with Crippen LogP contribution in [0.1, 0.15) is 33.6 Å². The molecule has 1 aromatic heterocycles. The van der Waals surface area contributed by atoms with Crippen molar-refractivity contribution < 1.29 is 18.8 Å². The average molecular weight is 358 g/mol. The maximum atomic E-state index is 13.0. The SMILES string of the molecule is O=C(CN1C(=O)NC2(CCCc3sccc32)C1=O)c1ccc(F)cc1. The van der Waals surface area contributed by atoms with Gasteiger partial charge in [0.05, 0.1) is 6.54 Å². The molecule has 1 aliphatic heterocycles. The maximum Gasteiger partial charge on any atom is 0.325 e. The number of ketones is 1. The molecule has 1 unspecified atom stereocenters. The topological polar surface area (TPSA) is 66.5 Å². The average Bonchev–Trinajstić information content (AvgIpc) is 3.16. The molecule has 5 nitrogen and oxygen atoms in total. The number of benzene rings is 1. The van der Waals surface area contributed by atoms with E-state index in [4.69, 9.17) is 0 Å². The Morgan fingerprint density at radius 2 is 2.00 bits per heavy atom. The lowest BCUT2D eigenvalue weighted by atomic mass is 9.80. The summed E-state index contributed by atoms with van der Waals surface area (Å²) in [6.45, 7) is -0.350. The van der Waals surface area contributed by atoms with Gasteiger partial charge in [-0.3, -0.25) is 14.5 Å². The second kappa shape index (κ2) is 5.77. The van der Waals surface area contributed by atoms with Crippen LogP contribution >= 0.6 is 11.3 Å². The van der Waals surface area contributed by atoms with Crippen molar-refractivity contribution in [1.82, 2.24) is 10.2 Å². The van der Waals surface area contributed by atoms with Gasteiger partial charge in [0.1, 0.15) is 11.4 Å². The third-order valence-corrected chi connectivity index (χ3v) is 5.79. The molecule has 1 fully saturated rings. The summed E-state index contributed by atoms with van der Waals surface area (Å²) in [5, 5.41) is 4.73. The Morgan fingerprint density at radius 3 is 2.76 bits per heavy atom. The molecule has 1 N–H and O–H groups in total. The van der Waals surface area contributed by atoms with E-state index in [0.717, 1.165) is 28.2 Å². The number of hydrogen-bond acceptors (Lipinski definition) is 4.